The summed E-state index contributed by atoms with van der Waals surface area (Å²) in [4.78, 5) is 24.3. The van der Waals surface area contributed by atoms with Gasteiger partial charge in [0.05, 0.1) is 53.3 Å². The number of hydrogen-bond acceptors (Lipinski definition) is 10. The number of nitrogens with one attached hydrogen (secondary N) is 2. The van der Waals surface area contributed by atoms with Crippen LogP contribution in [0.4, 0.5) is 11.5 Å². The van der Waals surface area contributed by atoms with Gasteiger partial charge < -0.3 is 10.1 Å². The quantitative estimate of drug-likeness (QED) is 0.276. The zero-order valence-electron chi connectivity index (χ0n) is 23.2. The van der Waals surface area contributed by atoms with Crippen molar-refractivity contribution in [1.82, 2.24) is 39.8 Å². The lowest BCUT2D eigenvalue weighted by molar-refractivity contribution is -0.0702. The van der Waals surface area contributed by atoms with Gasteiger partial charge in [-0.3, -0.25) is 19.4 Å². The van der Waals surface area contributed by atoms with Crippen molar-refractivity contribution in [2.24, 2.45) is 0 Å². The van der Waals surface area contributed by atoms with Crippen LogP contribution in [0.5, 0.6) is 0 Å². The SMILES string of the molecule is CC(=O)c1ccc(-n2cnc3cc(Nc4ccc([C@H]5CCCN5C5COC5)nn4)ccc32)nc1-c1c(C#N)n[nH]c1C. The Kier molecular flexibility index (Phi) is 6.45. The van der Waals surface area contributed by atoms with E-state index in [2.05, 4.69) is 47.7 Å². The number of aromatic nitrogens is 7. The molecular formula is C30H28N10O2. The maximum absolute atomic E-state index is 12.4. The van der Waals surface area contributed by atoms with E-state index in [4.69, 9.17) is 9.72 Å². The topological polar surface area (TPSA) is 151 Å². The van der Waals surface area contributed by atoms with Gasteiger partial charge in [0.2, 0.25) is 0 Å². The minimum atomic E-state index is -0.149. The molecule has 6 heterocycles. The lowest BCUT2D eigenvalue weighted by Gasteiger charge is -2.37. The fourth-order valence-electron chi connectivity index (χ4n) is 5.82. The molecule has 0 unspecified atom stereocenters. The molecule has 0 spiro atoms. The van der Waals surface area contributed by atoms with E-state index in [1.165, 1.54) is 6.92 Å². The Hall–Kier alpha value is -4.99. The summed E-state index contributed by atoms with van der Waals surface area (Å²) < 4.78 is 7.25. The maximum Gasteiger partial charge on any atom is 0.171 e. The number of nitriles is 1. The van der Waals surface area contributed by atoms with Crippen molar-refractivity contribution in [2.45, 2.75) is 38.8 Å². The van der Waals surface area contributed by atoms with E-state index in [1.807, 2.05) is 28.8 Å². The Balaban J connectivity index is 1.15. The van der Waals surface area contributed by atoms with Crippen LogP contribution in [0, 0.1) is 18.3 Å². The van der Waals surface area contributed by atoms with Gasteiger partial charge in [-0.1, -0.05) is 0 Å². The highest BCUT2D eigenvalue weighted by atomic mass is 16.5. The Morgan fingerprint density at radius 1 is 1.17 bits per heavy atom. The van der Waals surface area contributed by atoms with Gasteiger partial charge in [0.25, 0.3) is 0 Å². The minimum Gasteiger partial charge on any atom is -0.378 e. The van der Waals surface area contributed by atoms with Crippen LogP contribution in [0.15, 0.2) is 48.8 Å². The van der Waals surface area contributed by atoms with E-state index in [9.17, 15) is 10.1 Å². The summed E-state index contributed by atoms with van der Waals surface area (Å²) in [6.45, 7) is 5.96. The fourth-order valence-corrected chi connectivity index (χ4v) is 5.82. The Labute approximate surface area is 241 Å². The molecule has 4 aromatic heterocycles. The molecule has 0 bridgehead atoms. The first-order valence-electron chi connectivity index (χ1n) is 13.9. The second kappa shape index (κ2) is 10.4. The number of aryl methyl sites for hydroxylation is 1. The van der Waals surface area contributed by atoms with Crippen LogP contribution in [0.25, 0.3) is 28.1 Å². The molecule has 1 atom stereocenters. The van der Waals surface area contributed by atoms with Crippen LogP contribution < -0.4 is 5.32 Å². The molecule has 5 aromatic rings. The average molecular weight is 561 g/mol. The van der Waals surface area contributed by atoms with E-state index < -0.39 is 0 Å². The molecule has 12 nitrogen and oxygen atoms in total. The predicted octanol–water partition coefficient (Wildman–Crippen LogP) is 4.26. The van der Waals surface area contributed by atoms with Gasteiger partial charge in [-0.15, -0.1) is 5.10 Å². The van der Waals surface area contributed by atoms with Crippen molar-refractivity contribution >= 4 is 28.3 Å². The number of imidazole rings is 1. The first kappa shape index (κ1) is 25.9. The second-order valence-electron chi connectivity index (χ2n) is 10.7. The lowest BCUT2D eigenvalue weighted by atomic mass is 10.0. The Morgan fingerprint density at radius 2 is 2.05 bits per heavy atom. The molecule has 7 rings (SSSR count). The third-order valence-corrected chi connectivity index (χ3v) is 8.03. The normalized spacial score (nSPS) is 17.3. The number of ether oxygens (including phenoxy) is 1. The number of carbonyl (C=O) groups is 1. The molecular weight excluding hydrogens is 532 g/mol. The third-order valence-electron chi connectivity index (χ3n) is 8.03. The Bertz CT molecular complexity index is 1850. The molecule has 1 aromatic carbocycles. The number of H-pyrrole nitrogens is 1. The van der Waals surface area contributed by atoms with Crippen molar-refractivity contribution in [3.63, 3.8) is 0 Å². The number of Topliss-reactive ketones (excluding diaryl/α,β-unsaturated/α-hetero) is 1. The molecule has 0 saturated carbocycles. The van der Waals surface area contributed by atoms with Gasteiger partial charge in [-0.25, -0.2) is 9.97 Å². The highest BCUT2D eigenvalue weighted by molar-refractivity contribution is 6.00. The average Bonchev–Trinajstić information content (AvgIpc) is 3.70. The van der Waals surface area contributed by atoms with E-state index in [0.29, 0.717) is 46.2 Å². The highest BCUT2D eigenvalue weighted by Crippen LogP contribution is 2.35. The molecule has 210 valence electrons. The molecule has 0 aliphatic carbocycles. The van der Waals surface area contributed by atoms with Crippen molar-refractivity contribution < 1.29 is 9.53 Å². The van der Waals surface area contributed by atoms with Gasteiger partial charge in [0, 0.05) is 16.9 Å². The molecule has 12 heteroatoms. The number of pyridine rings is 1. The number of benzene rings is 1. The van der Waals surface area contributed by atoms with Crippen molar-refractivity contribution in [3.8, 4) is 23.1 Å². The van der Waals surface area contributed by atoms with E-state index in [-0.39, 0.29) is 11.5 Å². The predicted molar refractivity (Wildman–Crippen MR) is 155 cm³/mol. The van der Waals surface area contributed by atoms with E-state index in [1.54, 1.807) is 25.4 Å². The number of fused-ring (bicyclic) bond motifs is 1. The molecule has 0 radical (unpaired) electrons. The van der Waals surface area contributed by atoms with E-state index in [0.717, 1.165) is 55.0 Å². The van der Waals surface area contributed by atoms with Crippen molar-refractivity contribution in [3.05, 3.63) is 71.4 Å². The number of aromatic amines is 1. The van der Waals surface area contributed by atoms with Crippen molar-refractivity contribution in [2.75, 3.05) is 25.1 Å². The van der Waals surface area contributed by atoms with Gasteiger partial charge in [-0.2, -0.15) is 15.5 Å². The highest BCUT2D eigenvalue weighted by Gasteiger charge is 2.36. The summed E-state index contributed by atoms with van der Waals surface area (Å²) in [5.41, 5.74) is 5.61. The van der Waals surface area contributed by atoms with Gasteiger partial charge >= 0.3 is 0 Å². The lowest BCUT2D eigenvalue weighted by Crippen LogP contribution is -2.48. The molecule has 42 heavy (non-hydrogen) atoms. The summed E-state index contributed by atoms with van der Waals surface area (Å²) in [7, 11) is 0. The van der Waals surface area contributed by atoms with Crippen LogP contribution in [0.2, 0.25) is 0 Å². The van der Waals surface area contributed by atoms with Gasteiger partial charge in [0.1, 0.15) is 18.2 Å². The fraction of sp³-hybridized carbons (Fsp3) is 0.300. The monoisotopic (exact) mass is 560 g/mol. The standard InChI is InChI=1S/C30H28N10O2/c1-17-29(24(13-31)37-35-17)30-21(18(2)41)6-10-28(34-30)40-16-32-23-12-19(5-8-26(23)40)33-27-9-7-22(36-38-27)25-4-3-11-39(25)20-14-42-15-20/h5-10,12,16,20,25H,3-4,11,14-15H2,1-2H3,(H,33,38)(H,35,37)/t25-/m1/s1. The number of carbonyl (C=O) groups excluding carboxylic acids is 1. The molecule has 2 aliphatic heterocycles. The smallest absolute Gasteiger partial charge is 0.171 e. The minimum absolute atomic E-state index is 0.149. The summed E-state index contributed by atoms with van der Waals surface area (Å²) >= 11 is 0. The van der Waals surface area contributed by atoms with E-state index >= 15 is 0 Å². The summed E-state index contributed by atoms with van der Waals surface area (Å²) in [5.74, 6) is 1.08. The van der Waals surface area contributed by atoms with Crippen LogP contribution in [-0.4, -0.2) is 71.4 Å². The van der Waals surface area contributed by atoms with Crippen LogP contribution in [0.3, 0.4) is 0 Å². The first-order chi connectivity index (χ1) is 20.5. The molecule has 2 saturated heterocycles. The summed E-state index contributed by atoms with van der Waals surface area (Å²) in [6.07, 6.45) is 3.94. The van der Waals surface area contributed by atoms with Crippen LogP contribution in [0.1, 0.15) is 53.2 Å². The van der Waals surface area contributed by atoms with Crippen LogP contribution in [-0.2, 0) is 4.74 Å². The maximum atomic E-state index is 12.4. The second-order valence-corrected chi connectivity index (χ2v) is 10.7. The number of likely N-dealkylation sites (tertiary alicyclic amines) is 1. The number of ketones is 1. The van der Waals surface area contributed by atoms with Crippen molar-refractivity contribution in [1.29, 1.82) is 5.26 Å². The van der Waals surface area contributed by atoms with Crippen LogP contribution >= 0.6 is 0 Å². The molecule has 2 aliphatic rings. The largest absolute Gasteiger partial charge is 0.378 e. The summed E-state index contributed by atoms with van der Waals surface area (Å²) in [5, 5.41) is 28.8. The first-order valence-corrected chi connectivity index (χ1v) is 13.9. The number of nitrogens with zero attached hydrogens (tertiary/aromatic N) is 8. The summed E-state index contributed by atoms with van der Waals surface area (Å²) in [6, 6.07) is 16.2. The zero-order chi connectivity index (χ0) is 28.8. The molecule has 2 N–H and O–H groups in total. The zero-order valence-corrected chi connectivity index (χ0v) is 23.2. The number of anilines is 2. The van der Waals surface area contributed by atoms with Gasteiger partial charge in [-0.05, 0) is 75.7 Å². The third kappa shape index (κ3) is 4.49. The number of hydrogen-bond donors (Lipinski definition) is 2. The van der Waals surface area contributed by atoms with Gasteiger partial charge in [0.15, 0.2) is 17.3 Å². The molecule has 0 amide bonds. The molecule has 2 fully saturated rings. The Morgan fingerprint density at radius 3 is 2.79 bits per heavy atom. The number of rotatable bonds is 7.